The first kappa shape index (κ1) is 13.6. The fraction of sp³-hybridized carbons (Fsp3) is 0.444. The van der Waals surface area contributed by atoms with E-state index in [0.29, 0.717) is 12.5 Å². The zero-order valence-corrected chi connectivity index (χ0v) is 13.1. The van der Waals surface area contributed by atoms with Gasteiger partial charge in [0.05, 0.1) is 0 Å². The number of carbonyl (C=O) groups is 2. The monoisotopic (exact) mass is 297 g/mol. The van der Waals surface area contributed by atoms with Crippen molar-refractivity contribution in [2.75, 3.05) is 6.54 Å². The smallest absolute Gasteiger partial charge is 0.414 e. The maximum atomic E-state index is 12.4. The second-order valence-corrected chi connectivity index (χ2v) is 7.40. The standard InChI is InChI=1S/C18H19NO3/c1-17(2,3)22-16(21)19-10-11-9-18(11)13-7-5-4-6-12(13)14(20)8-15(18)19/h4-8,11H,9-10H2,1-3H3/t11-,18+/m0/s1. The van der Waals surface area contributed by atoms with Crippen LogP contribution in [0.25, 0.3) is 0 Å². The maximum Gasteiger partial charge on any atom is 0.414 e. The van der Waals surface area contributed by atoms with Gasteiger partial charge in [0.1, 0.15) is 5.60 Å². The van der Waals surface area contributed by atoms with E-state index in [9.17, 15) is 9.59 Å². The predicted octanol–water partition coefficient (Wildman–Crippen LogP) is 3.28. The van der Waals surface area contributed by atoms with Crippen molar-refractivity contribution in [3.8, 4) is 0 Å². The van der Waals surface area contributed by atoms with E-state index in [1.54, 1.807) is 11.0 Å². The number of ether oxygens (including phenoxy) is 1. The summed E-state index contributed by atoms with van der Waals surface area (Å²) >= 11 is 0. The number of ketones is 1. The highest BCUT2D eigenvalue weighted by Gasteiger charge is 2.67. The largest absolute Gasteiger partial charge is 0.443 e. The molecular formula is C18H19NO3. The molecule has 0 aromatic heterocycles. The van der Waals surface area contributed by atoms with Gasteiger partial charge in [-0.15, -0.1) is 0 Å². The fourth-order valence-electron chi connectivity index (χ4n) is 3.88. The summed E-state index contributed by atoms with van der Waals surface area (Å²) in [5, 5.41) is 0. The lowest BCUT2D eigenvalue weighted by atomic mass is 9.81. The van der Waals surface area contributed by atoms with Crippen LogP contribution in [0.4, 0.5) is 4.79 Å². The van der Waals surface area contributed by atoms with Crippen LogP contribution >= 0.6 is 0 Å². The van der Waals surface area contributed by atoms with Gasteiger partial charge in [0.25, 0.3) is 0 Å². The molecule has 4 rings (SSSR count). The van der Waals surface area contributed by atoms with Crippen LogP contribution in [-0.4, -0.2) is 28.9 Å². The van der Waals surface area contributed by atoms with Gasteiger partial charge in [-0.05, 0) is 38.7 Å². The van der Waals surface area contributed by atoms with Crippen molar-refractivity contribution < 1.29 is 14.3 Å². The Morgan fingerprint density at radius 3 is 2.77 bits per heavy atom. The Hall–Kier alpha value is -2.10. The molecule has 1 saturated heterocycles. The number of rotatable bonds is 0. The SMILES string of the molecule is CC(C)(C)OC(=O)N1C[C@@H]2C[C@@]23C1=CC(=O)c1ccccc13. The average molecular weight is 297 g/mol. The number of likely N-dealkylation sites (tertiary alicyclic amines) is 1. The second-order valence-electron chi connectivity index (χ2n) is 7.40. The highest BCUT2D eigenvalue weighted by molar-refractivity contribution is 6.09. The van der Waals surface area contributed by atoms with Crippen molar-refractivity contribution in [3.63, 3.8) is 0 Å². The quantitative estimate of drug-likeness (QED) is 0.738. The number of fused-ring (bicyclic) bond motifs is 1. The summed E-state index contributed by atoms with van der Waals surface area (Å²) in [6.07, 6.45) is 2.30. The molecule has 3 aliphatic rings. The normalized spacial score (nSPS) is 28.5. The molecule has 4 nitrogen and oxygen atoms in total. The molecule has 4 heteroatoms. The zero-order valence-electron chi connectivity index (χ0n) is 13.1. The molecule has 1 spiro atoms. The molecule has 0 unspecified atom stereocenters. The molecule has 1 amide bonds. The van der Waals surface area contributed by atoms with Crippen LogP contribution in [-0.2, 0) is 10.2 Å². The van der Waals surface area contributed by atoms with Crippen molar-refractivity contribution in [3.05, 3.63) is 47.2 Å². The Balaban J connectivity index is 1.74. The number of piperidine rings is 1. The molecule has 114 valence electrons. The summed E-state index contributed by atoms with van der Waals surface area (Å²) in [6.45, 7) is 6.20. The van der Waals surface area contributed by atoms with Crippen LogP contribution in [0.2, 0.25) is 0 Å². The number of hydrogen-bond donors (Lipinski definition) is 0. The van der Waals surface area contributed by atoms with E-state index in [-0.39, 0.29) is 17.3 Å². The lowest BCUT2D eigenvalue weighted by Gasteiger charge is -2.31. The lowest BCUT2D eigenvalue weighted by molar-refractivity contribution is 0.0322. The first-order valence-corrected chi connectivity index (χ1v) is 7.69. The van der Waals surface area contributed by atoms with Crippen LogP contribution in [0, 0.1) is 5.92 Å². The van der Waals surface area contributed by atoms with Crippen LogP contribution in [0.1, 0.15) is 43.1 Å². The number of allylic oxidation sites excluding steroid dienone is 2. The number of carbonyl (C=O) groups excluding carboxylic acids is 2. The van der Waals surface area contributed by atoms with Gasteiger partial charge < -0.3 is 4.74 Å². The second kappa shape index (κ2) is 4.00. The Kier molecular flexibility index (Phi) is 2.47. The molecule has 2 atom stereocenters. The molecule has 1 aromatic rings. The number of benzene rings is 1. The van der Waals surface area contributed by atoms with Crippen LogP contribution in [0.3, 0.4) is 0 Å². The molecule has 1 aliphatic heterocycles. The molecule has 22 heavy (non-hydrogen) atoms. The van der Waals surface area contributed by atoms with E-state index in [1.807, 2.05) is 45.0 Å². The number of nitrogens with zero attached hydrogens (tertiary/aromatic N) is 1. The highest BCUT2D eigenvalue weighted by Crippen LogP contribution is 2.66. The zero-order chi connectivity index (χ0) is 15.7. The summed E-state index contributed by atoms with van der Waals surface area (Å²) in [6, 6.07) is 7.77. The van der Waals surface area contributed by atoms with Crippen molar-refractivity contribution in [2.45, 2.75) is 38.2 Å². The highest BCUT2D eigenvalue weighted by atomic mass is 16.6. The molecular weight excluding hydrogens is 278 g/mol. The summed E-state index contributed by atoms with van der Waals surface area (Å²) in [4.78, 5) is 26.5. The van der Waals surface area contributed by atoms with E-state index in [1.165, 1.54) is 0 Å². The van der Waals surface area contributed by atoms with Gasteiger partial charge in [-0.2, -0.15) is 0 Å². The summed E-state index contributed by atoms with van der Waals surface area (Å²) in [5.74, 6) is 0.387. The van der Waals surface area contributed by atoms with E-state index < -0.39 is 5.60 Å². The van der Waals surface area contributed by atoms with Crippen molar-refractivity contribution in [2.24, 2.45) is 5.92 Å². The van der Waals surface area contributed by atoms with E-state index in [0.717, 1.165) is 23.2 Å². The van der Waals surface area contributed by atoms with E-state index >= 15 is 0 Å². The van der Waals surface area contributed by atoms with Crippen molar-refractivity contribution in [1.82, 2.24) is 4.90 Å². The minimum Gasteiger partial charge on any atom is -0.443 e. The Labute approximate surface area is 129 Å². The fourth-order valence-corrected chi connectivity index (χ4v) is 3.88. The maximum absolute atomic E-state index is 12.4. The first-order chi connectivity index (χ1) is 10.3. The lowest BCUT2D eigenvalue weighted by Crippen LogP contribution is -2.37. The van der Waals surface area contributed by atoms with Gasteiger partial charge in [-0.3, -0.25) is 9.69 Å². The Morgan fingerprint density at radius 2 is 2.05 bits per heavy atom. The van der Waals surface area contributed by atoms with E-state index in [4.69, 9.17) is 4.74 Å². The third-order valence-corrected chi connectivity index (χ3v) is 4.81. The van der Waals surface area contributed by atoms with Crippen LogP contribution < -0.4 is 0 Å². The predicted molar refractivity (Wildman–Crippen MR) is 81.6 cm³/mol. The minimum atomic E-state index is -0.534. The summed E-state index contributed by atoms with van der Waals surface area (Å²) in [7, 11) is 0. The first-order valence-electron chi connectivity index (χ1n) is 7.69. The summed E-state index contributed by atoms with van der Waals surface area (Å²) < 4.78 is 5.49. The van der Waals surface area contributed by atoms with Crippen molar-refractivity contribution >= 4 is 11.9 Å². The topological polar surface area (TPSA) is 46.6 Å². The van der Waals surface area contributed by atoms with E-state index in [2.05, 4.69) is 0 Å². The third kappa shape index (κ3) is 1.70. The Morgan fingerprint density at radius 1 is 1.32 bits per heavy atom. The number of amides is 1. The molecule has 1 heterocycles. The van der Waals surface area contributed by atoms with Gasteiger partial charge in [-0.1, -0.05) is 24.3 Å². The van der Waals surface area contributed by atoms with Gasteiger partial charge in [0.15, 0.2) is 5.78 Å². The molecule has 1 aromatic carbocycles. The summed E-state index contributed by atoms with van der Waals surface area (Å²) in [5.41, 5.74) is 2.01. The van der Waals surface area contributed by atoms with Gasteiger partial charge in [0.2, 0.25) is 0 Å². The van der Waals surface area contributed by atoms with Crippen LogP contribution in [0.5, 0.6) is 0 Å². The molecule has 0 N–H and O–H groups in total. The molecule has 1 saturated carbocycles. The molecule has 0 bridgehead atoms. The third-order valence-electron chi connectivity index (χ3n) is 4.81. The Bertz CT molecular complexity index is 728. The minimum absolute atomic E-state index is 0.0164. The van der Waals surface area contributed by atoms with Gasteiger partial charge in [0, 0.05) is 29.3 Å². The number of hydrogen-bond acceptors (Lipinski definition) is 3. The van der Waals surface area contributed by atoms with Gasteiger partial charge >= 0.3 is 6.09 Å². The van der Waals surface area contributed by atoms with Gasteiger partial charge in [-0.25, -0.2) is 4.79 Å². The molecule has 0 radical (unpaired) electrons. The average Bonchev–Trinajstić information content (AvgIpc) is 3.06. The van der Waals surface area contributed by atoms with Crippen LogP contribution in [0.15, 0.2) is 36.0 Å². The molecule has 2 fully saturated rings. The molecule has 2 aliphatic carbocycles. The van der Waals surface area contributed by atoms with Crippen molar-refractivity contribution in [1.29, 1.82) is 0 Å².